The molecule has 1 aromatic rings. The number of likely N-dealkylation sites (tertiary alicyclic amines) is 1. The number of piperidine rings is 1. The lowest BCUT2D eigenvalue weighted by Gasteiger charge is -2.41. The number of carbonyl (C=O) groups excluding carboxylic acids is 1. The number of hydrogen-bond donors (Lipinski definition) is 2. The average molecular weight is 532 g/mol. The molecule has 2 atom stereocenters. The van der Waals surface area contributed by atoms with Crippen molar-refractivity contribution >= 4 is 27.9 Å². The van der Waals surface area contributed by atoms with E-state index in [4.69, 9.17) is 21.1 Å². The summed E-state index contributed by atoms with van der Waals surface area (Å²) in [5.41, 5.74) is 1.14. The first-order valence-corrected chi connectivity index (χ1v) is 14.3. The summed E-state index contributed by atoms with van der Waals surface area (Å²) in [6, 6.07) is 6.47. The highest BCUT2D eigenvalue weighted by Gasteiger charge is 2.38. The Morgan fingerprint density at radius 3 is 2.63 bits per heavy atom. The van der Waals surface area contributed by atoms with Crippen molar-refractivity contribution in [2.75, 3.05) is 39.7 Å². The van der Waals surface area contributed by atoms with Gasteiger partial charge in [-0.15, -0.1) is 11.6 Å². The minimum absolute atomic E-state index is 0.0331. The SMILES string of the molecule is CN(C)S(=O)(=O)N[C@H]1CCCN(C(=O)OCCCCl)C1COC1CCC(c2cccc(O)c2)CC1. The lowest BCUT2D eigenvalue weighted by Crippen LogP contribution is -2.60. The number of alkyl halides is 1. The van der Waals surface area contributed by atoms with E-state index in [0.29, 0.717) is 37.6 Å². The molecule has 2 aliphatic rings. The Balaban J connectivity index is 1.63. The molecular formula is C24H38ClN3O6S. The normalized spacial score (nSPS) is 25.5. The maximum absolute atomic E-state index is 12.8. The maximum Gasteiger partial charge on any atom is 0.410 e. The van der Waals surface area contributed by atoms with Gasteiger partial charge in [-0.1, -0.05) is 12.1 Å². The van der Waals surface area contributed by atoms with Crippen LogP contribution in [0.1, 0.15) is 56.4 Å². The summed E-state index contributed by atoms with van der Waals surface area (Å²) in [7, 11) is -0.730. The molecule has 0 radical (unpaired) electrons. The molecule has 1 saturated heterocycles. The van der Waals surface area contributed by atoms with Crippen LogP contribution < -0.4 is 4.72 Å². The molecule has 2 N–H and O–H groups in total. The number of phenols is 1. The van der Waals surface area contributed by atoms with E-state index in [1.54, 1.807) is 11.0 Å². The molecule has 35 heavy (non-hydrogen) atoms. The van der Waals surface area contributed by atoms with Crippen LogP contribution >= 0.6 is 11.6 Å². The third-order valence-electron chi connectivity index (χ3n) is 6.82. The lowest BCUT2D eigenvalue weighted by atomic mass is 9.82. The number of carbonyl (C=O) groups is 1. The van der Waals surface area contributed by atoms with Crippen LogP contribution in [-0.4, -0.2) is 86.7 Å². The second kappa shape index (κ2) is 13.1. The van der Waals surface area contributed by atoms with Gasteiger partial charge in [0.05, 0.1) is 25.4 Å². The Morgan fingerprint density at radius 1 is 1.23 bits per heavy atom. The van der Waals surface area contributed by atoms with Crippen molar-refractivity contribution in [1.82, 2.24) is 13.9 Å². The van der Waals surface area contributed by atoms with E-state index in [1.807, 2.05) is 18.2 Å². The van der Waals surface area contributed by atoms with Crippen molar-refractivity contribution in [3.05, 3.63) is 29.8 Å². The highest BCUT2D eigenvalue weighted by molar-refractivity contribution is 7.87. The molecule has 3 rings (SSSR count). The second-order valence-corrected chi connectivity index (χ2v) is 11.8. The first-order chi connectivity index (χ1) is 16.7. The Hall–Kier alpha value is -1.59. The van der Waals surface area contributed by atoms with Gasteiger partial charge in [0.1, 0.15) is 5.75 Å². The molecule has 0 spiro atoms. The molecule has 2 fully saturated rings. The third-order valence-corrected chi connectivity index (χ3v) is 8.65. The van der Waals surface area contributed by atoms with Crippen LogP contribution in [0.4, 0.5) is 4.79 Å². The van der Waals surface area contributed by atoms with E-state index in [0.717, 1.165) is 35.6 Å². The van der Waals surface area contributed by atoms with Crippen molar-refractivity contribution in [2.24, 2.45) is 0 Å². The van der Waals surface area contributed by atoms with Gasteiger partial charge >= 0.3 is 6.09 Å². The second-order valence-electron chi connectivity index (χ2n) is 9.47. The van der Waals surface area contributed by atoms with Crippen molar-refractivity contribution in [3.63, 3.8) is 0 Å². The Morgan fingerprint density at radius 2 is 1.97 bits per heavy atom. The molecular weight excluding hydrogens is 494 g/mol. The standard InChI is InChI=1S/C24H38ClN3O6S/c1-27(2)35(31,32)26-22-8-4-14-28(24(30)33-15-5-13-25)23(22)17-34-21-11-9-18(10-12-21)19-6-3-7-20(29)16-19/h3,6-7,16,18,21-23,26,29H,4-5,8-15,17H2,1-2H3/t18?,21?,22-,23?/m0/s1. The Bertz CT molecular complexity index is 924. The molecule has 198 valence electrons. The van der Waals surface area contributed by atoms with Gasteiger partial charge in [-0.05, 0) is 68.6 Å². The largest absolute Gasteiger partial charge is 0.508 e. The zero-order chi connectivity index (χ0) is 25.4. The minimum atomic E-state index is -3.67. The summed E-state index contributed by atoms with van der Waals surface area (Å²) in [5.74, 6) is 1.06. The lowest BCUT2D eigenvalue weighted by molar-refractivity contribution is -0.0266. The summed E-state index contributed by atoms with van der Waals surface area (Å²) in [5, 5.41) is 9.78. The fourth-order valence-corrected chi connectivity index (χ4v) is 5.77. The predicted molar refractivity (Wildman–Crippen MR) is 135 cm³/mol. The minimum Gasteiger partial charge on any atom is -0.508 e. The number of rotatable bonds is 10. The molecule has 1 unspecified atom stereocenters. The zero-order valence-electron chi connectivity index (χ0n) is 20.6. The maximum atomic E-state index is 12.8. The number of phenolic OH excluding ortho intramolecular Hbond substituents is 1. The average Bonchev–Trinajstić information content (AvgIpc) is 2.83. The summed E-state index contributed by atoms with van der Waals surface area (Å²) in [6.45, 7) is 0.935. The molecule has 0 bridgehead atoms. The molecule has 0 aromatic heterocycles. The number of ether oxygens (including phenoxy) is 2. The first kappa shape index (κ1) is 28.0. The topological polar surface area (TPSA) is 108 Å². The van der Waals surface area contributed by atoms with E-state index < -0.39 is 28.4 Å². The molecule has 1 aliphatic heterocycles. The predicted octanol–water partition coefficient (Wildman–Crippen LogP) is 3.43. The van der Waals surface area contributed by atoms with E-state index in [-0.39, 0.29) is 25.1 Å². The third kappa shape index (κ3) is 7.95. The molecule has 11 heteroatoms. The van der Waals surface area contributed by atoms with E-state index in [9.17, 15) is 18.3 Å². The highest BCUT2D eigenvalue weighted by atomic mass is 35.5. The van der Waals surface area contributed by atoms with Crippen LogP contribution in [0.3, 0.4) is 0 Å². The van der Waals surface area contributed by atoms with Crippen molar-refractivity contribution < 1.29 is 27.8 Å². The molecule has 1 saturated carbocycles. The van der Waals surface area contributed by atoms with Gasteiger partial charge in [-0.3, -0.25) is 0 Å². The van der Waals surface area contributed by atoms with Crippen LogP contribution in [0.2, 0.25) is 0 Å². The molecule has 1 amide bonds. The number of nitrogens with zero attached hydrogens (tertiary/aromatic N) is 2. The van der Waals surface area contributed by atoms with Crippen molar-refractivity contribution in [1.29, 1.82) is 0 Å². The quantitative estimate of drug-likeness (QED) is 0.354. The van der Waals surface area contributed by atoms with Crippen LogP contribution in [-0.2, 0) is 19.7 Å². The fourth-order valence-electron chi connectivity index (χ4n) is 4.80. The van der Waals surface area contributed by atoms with Crippen LogP contribution in [0.5, 0.6) is 5.75 Å². The van der Waals surface area contributed by atoms with E-state index in [2.05, 4.69) is 4.72 Å². The number of amides is 1. The monoisotopic (exact) mass is 531 g/mol. The van der Waals surface area contributed by atoms with Crippen molar-refractivity contribution in [2.45, 2.75) is 69.1 Å². The van der Waals surface area contributed by atoms with Gasteiger partial charge in [0.15, 0.2) is 0 Å². The summed E-state index contributed by atoms with van der Waals surface area (Å²) < 4.78 is 40.6. The summed E-state index contributed by atoms with van der Waals surface area (Å²) in [6.07, 6.45) is 5.01. The number of aromatic hydroxyl groups is 1. The number of hydrogen-bond acceptors (Lipinski definition) is 6. The first-order valence-electron chi connectivity index (χ1n) is 12.3. The van der Waals surface area contributed by atoms with Gasteiger partial charge in [-0.2, -0.15) is 17.4 Å². The van der Waals surface area contributed by atoms with Gasteiger partial charge in [-0.25, -0.2) is 4.79 Å². The molecule has 9 nitrogen and oxygen atoms in total. The Labute approximate surface area is 213 Å². The summed E-state index contributed by atoms with van der Waals surface area (Å²) >= 11 is 5.70. The highest BCUT2D eigenvalue weighted by Crippen LogP contribution is 2.35. The van der Waals surface area contributed by atoms with Crippen LogP contribution in [0, 0.1) is 0 Å². The zero-order valence-corrected chi connectivity index (χ0v) is 22.1. The van der Waals surface area contributed by atoms with Crippen LogP contribution in [0.15, 0.2) is 24.3 Å². The van der Waals surface area contributed by atoms with Gasteiger partial charge in [0, 0.05) is 32.6 Å². The molecule has 1 heterocycles. The van der Waals surface area contributed by atoms with Gasteiger partial charge < -0.3 is 19.5 Å². The fraction of sp³-hybridized carbons (Fsp3) is 0.708. The summed E-state index contributed by atoms with van der Waals surface area (Å²) in [4.78, 5) is 14.4. The number of benzene rings is 1. The molecule has 1 aromatic carbocycles. The van der Waals surface area contributed by atoms with Gasteiger partial charge in [0.2, 0.25) is 0 Å². The molecule has 1 aliphatic carbocycles. The van der Waals surface area contributed by atoms with E-state index >= 15 is 0 Å². The number of halogens is 1. The smallest absolute Gasteiger partial charge is 0.410 e. The van der Waals surface area contributed by atoms with Gasteiger partial charge in [0.25, 0.3) is 10.2 Å². The van der Waals surface area contributed by atoms with Crippen LogP contribution in [0.25, 0.3) is 0 Å². The number of nitrogens with one attached hydrogen (secondary N) is 1. The van der Waals surface area contributed by atoms with E-state index in [1.165, 1.54) is 14.1 Å². The Kier molecular flexibility index (Phi) is 10.5. The van der Waals surface area contributed by atoms with Crippen molar-refractivity contribution in [3.8, 4) is 5.75 Å².